The molecule has 2 N–H and O–H groups in total. The van der Waals surface area contributed by atoms with Gasteiger partial charge in [0.1, 0.15) is 0 Å². The second kappa shape index (κ2) is 7.68. The van der Waals surface area contributed by atoms with E-state index >= 15 is 0 Å². The Morgan fingerprint density at radius 3 is 2.80 bits per heavy atom. The molecule has 35 heavy (non-hydrogen) atoms. The summed E-state index contributed by atoms with van der Waals surface area (Å²) in [6, 6.07) is 20.3. The van der Waals surface area contributed by atoms with Crippen LogP contribution in [0, 0.1) is 0 Å². The minimum atomic E-state index is -0.409. The van der Waals surface area contributed by atoms with Gasteiger partial charge in [0.15, 0.2) is 11.5 Å². The van der Waals surface area contributed by atoms with Crippen LogP contribution in [0.4, 0.5) is 5.69 Å². The lowest BCUT2D eigenvalue weighted by molar-refractivity contribution is -0.121. The SMILES string of the molecule is O=C1Nc2cc(-c3ccc4nnc(Cc5ccc6ncccc6c5)n4n3)ccc2C12CCNCC2. The summed E-state index contributed by atoms with van der Waals surface area (Å²) in [5.74, 6) is 0.884. The van der Waals surface area contributed by atoms with Gasteiger partial charge in [0.05, 0.1) is 16.6 Å². The molecule has 5 aromatic rings. The van der Waals surface area contributed by atoms with Crippen molar-refractivity contribution in [2.24, 2.45) is 0 Å². The molecule has 7 rings (SSSR count). The van der Waals surface area contributed by atoms with Gasteiger partial charge >= 0.3 is 0 Å². The standard InChI is InChI=1S/C27H23N7O/c35-26-27(9-12-28-13-10-27)20-5-4-19(16-23(20)30-26)22-7-8-24-31-32-25(34(24)33-22)15-17-3-6-21-18(14-17)2-1-11-29-21/h1-8,11,14,16,28H,9-10,12-13,15H2,(H,30,35). The number of fused-ring (bicyclic) bond motifs is 4. The maximum atomic E-state index is 12.9. The molecule has 1 saturated heterocycles. The molecule has 0 unspecified atom stereocenters. The van der Waals surface area contributed by atoms with Crippen LogP contribution in [-0.4, -0.2) is 43.8 Å². The largest absolute Gasteiger partial charge is 0.325 e. The van der Waals surface area contributed by atoms with Gasteiger partial charge in [-0.3, -0.25) is 9.78 Å². The average molecular weight is 462 g/mol. The highest BCUT2D eigenvalue weighted by atomic mass is 16.2. The van der Waals surface area contributed by atoms with Crippen LogP contribution in [0.2, 0.25) is 0 Å². The Kier molecular flexibility index (Phi) is 4.44. The van der Waals surface area contributed by atoms with Crippen molar-refractivity contribution in [3.05, 3.63) is 83.8 Å². The summed E-state index contributed by atoms with van der Waals surface area (Å²) >= 11 is 0. The highest BCUT2D eigenvalue weighted by Crippen LogP contribution is 2.44. The van der Waals surface area contributed by atoms with Crippen molar-refractivity contribution in [2.45, 2.75) is 24.7 Å². The van der Waals surface area contributed by atoms with Gasteiger partial charge in [-0.05, 0) is 73.5 Å². The highest BCUT2D eigenvalue weighted by molar-refractivity contribution is 6.07. The van der Waals surface area contributed by atoms with Gasteiger partial charge < -0.3 is 10.6 Å². The number of pyridine rings is 1. The summed E-state index contributed by atoms with van der Waals surface area (Å²) in [6.45, 7) is 1.72. The fraction of sp³-hybridized carbons (Fsp3) is 0.222. The number of hydrogen-bond donors (Lipinski definition) is 2. The molecule has 2 aliphatic rings. The van der Waals surface area contributed by atoms with E-state index in [4.69, 9.17) is 5.10 Å². The van der Waals surface area contributed by atoms with Crippen LogP contribution < -0.4 is 10.6 Å². The topological polar surface area (TPSA) is 97.1 Å². The van der Waals surface area contributed by atoms with Crippen LogP contribution in [0.15, 0.2) is 66.9 Å². The van der Waals surface area contributed by atoms with E-state index in [1.54, 1.807) is 6.20 Å². The summed E-state index contributed by atoms with van der Waals surface area (Å²) in [4.78, 5) is 17.3. The van der Waals surface area contributed by atoms with Crippen molar-refractivity contribution in [3.63, 3.8) is 0 Å². The predicted molar refractivity (Wildman–Crippen MR) is 133 cm³/mol. The van der Waals surface area contributed by atoms with Gasteiger partial charge in [-0.25, -0.2) is 0 Å². The summed E-state index contributed by atoms with van der Waals surface area (Å²) in [7, 11) is 0. The zero-order chi connectivity index (χ0) is 23.4. The Morgan fingerprint density at radius 1 is 0.971 bits per heavy atom. The minimum absolute atomic E-state index is 0.112. The van der Waals surface area contributed by atoms with Crippen molar-refractivity contribution in [3.8, 4) is 11.3 Å². The average Bonchev–Trinajstić information content (AvgIpc) is 3.42. The van der Waals surface area contributed by atoms with E-state index < -0.39 is 5.41 Å². The normalized spacial score (nSPS) is 16.6. The number of nitrogens with one attached hydrogen (secondary N) is 2. The van der Waals surface area contributed by atoms with Crippen molar-refractivity contribution in [2.75, 3.05) is 18.4 Å². The van der Waals surface area contributed by atoms with Crippen LogP contribution in [0.3, 0.4) is 0 Å². The molecule has 172 valence electrons. The number of piperidine rings is 1. The fourth-order valence-electron chi connectivity index (χ4n) is 5.45. The molecular weight excluding hydrogens is 438 g/mol. The molecule has 0 bridgehead atoms. The number of nitrogens with zero attached hydrogens (tertiary/aromatic N) is 5. The molecule has 0 aliphatic carbocycles. The van der Waals surface area contributed by atoms with Gasteiger partial charge in [0, 0.05) is 29.3 Å². The Labute approximate surface area is 201 Å². The number of carbonyl (C=O) groups is 1. The first-order chi connectivity index (χ1) is 17.2. The lowest BCUT2D eigenvalue weighted by Gasteiger charge is -2.32. The van der Waals surface area contributed by atoms with E-state index in [1.807, 2.05) is 34.8 Å². The second-order valence-electron chi connectivity index (χ2n) is 9.36. The van der Waals surface area contributed by atoms with Gasteiger partial charge in [0.25, 0.3) is 0 Å². The third kappa shape index (κ3) is 3.21. The van der Waals surface area contributed by atoms with E-state index in [0.29, 0.717) is 12.1 Å². The zero-order valence-corrected chi connectivity index (χ0v) is 19.0. The zero-order valence-electron chi connectivity index (χ0n) is 19.0. The molecule has 0 radical (unpaired) electrons. The molecule has 5 heterocycles. The lowest BCUT2D eigenvalue weighted by atomic mass is 9.74. The second-order valence-corrected chi connectivity index (χ2v) is 9.36. The maximum absolute atomic E-state index is 12.9. The third-order valence-corrected chi connectivity index (χ3v) is 7.33. The minimum Gasteiger partial charge on any atom is -0.325 e. The molecule has 3 aromatic heterocycles. The van der Waals surface area contributed by atoms with Crippen molar-refractivity contribution in [1.82, 2.24) is 30.1 Å². The fourth-order valence-corrected chi connectivity index (χ4v) is 5.45. The smallest absolute Gasteiger partial charge is 0.235 e. The first-order valence-corrected chi connectivity index (χ1v) is 11.9. The van der Waals surface area contributed by atoms with Crippen LogP contribution in [0.25, 0.3) is 27.8 Å². The van der Waals surface area contributed by atoms with Gasteiger partial charge in [-0.1, -0.05) is 24.3 Å². The maximum Gasteiger partial charge on any atom is 0.235 e. The molecule has 8 nitrogen and oxygen atoms in total. The summed E-state index contributed by atoms with van der Waals surface area (Å²) < 4.78 is 1.81. The third-order valence-electron chi connectivity index (χ3n) is 7.33. The van der Waals surface area contributed by atoms with Crippen LogP contribution in [0.5, 0.6) is 0 Å². The first kappa shape index (κ1) is 20.2. The number of amides is 1. The molecule has 8 heteroatoms. The Bertz CT molecular complexity index is 1620. The number of hydrogen-bond acceptors (Lipinski definition) is 6. The highest BCUT2D eigenvalue weighted by Gasteiger charge is 2.47. The number of benzene rings is 2. The quantitative estimate of drug-likeness (QED) is 0.427. The Morgan fingerprint density at radius 2 is 1.89 bits per heavy atom. The van der Waals surface area contributed by atoms with E-state index in [2.05, 4.69) is 56.1 Å². The summed E-state index contributed by atoms with van der Waals surface area (Å²) in [5.41, 5.74) is 6.15. The Hall–Kier alpha value is -4.17. The molecule has 2 aromatic carbocycles. The van der Waals surface area contributed by atoms with Crippen LogP contribution >= 0.6 is 0 Å². The predicted octanol–water partition coefficient (Wildman–Crippen LogP) is 3.50. The summed E-state index contributed by atoms with van der Waals surface area (Å²) in [5, 5.41) is 21.2. The van der Waals surface area contributed by atoms with Crippen LogP contribution in [0.1, 0.15) is 29.8 Å². The molecule has 1 fully saturated rings. The molecular formula is C27H23N7O. The van der Waals surface area contributed by atoms with Crippen molar-refractivity contribution in [1.29, 1.82) is 0 Å². The van der Waals surface area contributed by atoms with Crippen molar-refractivity contribution < 1.29 is 4.79 Å². The molecule has 1 amide bonds. The Balaban J connectivity index is 1.24. The van der Waals surface area contributed by atoms with E-state index in [9.17, 15) is 4.79 Å². The van der Waals surface area contributed by atoms with E-state index in [0.717, 1.165) is 70.7 Å². The van der Waals surface area contributed by atoms with E-state index in [1.165, 1.54) is 0 Å². The molecule has 1 spiro atoms. The van der Waals surface area contributed by atoms with Crippen molar-refractivity contribution >= 4 is 28.1 Å². The van der Waals surface area contributed by atoms with Gasteiger partial charge in [-0.15, -0.1) is 10.2 Å². The van der Waals surface area contributed by atoms with E-state index in [-0.39, 0.29) is 5.91 Å². The van der Waals surface area contributed by atoms with Gasteiger partial charge in [-0.2, -0.15) is 9.61 Å². The van der Waals surface area contributed by atoms with Crippen LogP contribution in [-0.2, 0) is 16.6 Å². The molecule has 0 saturated carbocycles. The number of aromatic nitrogens is 5. The number of carbonyl (C=O) groups excluding carboxylic acids is 1. The first-order valence-electron chi connectivity index (χ1n) is 11.9. The molecule has 0 atom stereocenters. The number of anilines is 1. The number of rotatable bonds is 3. The van der Waals surface area contributed by atoms with Gasteiger partial charge in [0.2, 0.25) is 5.91 Å². The molecule has 2 aliphatic heterocycles. The monoisotopic (exact) mass is 461 g/mol. The lowest BCUT2D eigenvalue weighted by Crippen LogP contribution is -2.44. The summed E-state index contributed by atoms with van der Waals surface area (Å²) in [6.07, 6.45) is 4.06.